The van der Waals surface area contributed by atoms with Crippen LogP contribution in [0.25, 0.3) is 0 Å². The lowest BCUT2D eigenvalue weighted by Gasteiger charge is -2.22. The van der Waals surface area contributed by atoms with Crippen LogP contribution in [0.2, 0.25) is 0 Å². The number of aliphatic hydroxyl groups excluding tert-OH is 1. The Morgan fingerprint density at radius 1 is 1.35 bits per heavy atom. The summed E-state index contributed by atoms with van der Waals surface area (Å²) in [5.74, 6) is 0.901. The van der Waals surface area contributed by atoms with Crippen LogP contribution in [0.4, 0.5) is 0 Å². The molecular weight excluding hydrogens is 214 g/mol. The average Bonchev–Trinajstić information content (AvgIpc) is 2.32. The van der Waals surface area contributed by atoms with E-state index in [0.29, 0.717) is 0 Å². The van der Waals surface area contributed by atoms with Gasteiger partial charge in [-0.05, 0) is 44.4 Å². The maximum Gasteiger partial charge on any atom is 0.147 e. The van der Waals surface area contributed by atoms with Gasteiger partial charge in [-0.1, -0.05) is 19.1 Å². The van der Waals surface area contributed by atoms with Crippen molar-refractivity contribution in [2.45, 2.75) is 46.4 Å². The number of aliphatic hydroxyl groups is 1. The van der Waals surface area contributed by atoms with Gasteiger partial charge in [-0.15, -0.1) is 0 Å². The molecule has 96 valence electrons. The number of ether oxygens (including phenoxy) is 1. The molecule has 0 aliphatic heterocycles. The Morgan fingerprint density at radius 2 is 2.06 bits per heavy atom. The molecule has 1 aromatic carbocycles. The molecule has 0 aliphatic rings. The average molecular weight is 237 g/mol. The molecule has 2 atom stereocenters. The van der Waals surface area contributed by atoms with Gasteiger partial charge >= 0.3 is 0 Å². The van der Waals surface area contributed by atoms with Crippen molar-refractivity contribution in [1.82, 2.24) is 5.32 Å². The second kappa shape index (κ2) is 6.62. The van der Waals surface area contributed by atoms with Gasteiger partial charge in [0.2, 0.25) is 0 Å². The van der Waals surface area contributed by atoms with E-state index in [1.54, 1.807) is 0 Å². The van der Waals surface area contributed by atoms with Crippen LogP contribution in [-0.4, -0.2) is 24.0 Å². The van der Waals surface area contributed by atoms with Gasteiger partial charge in [0.25, 0.3) is 0 Å². The van der Waals surface area contributed by atoms with Crippen molar-refractivity contribution in [3.05, 3.63) is 29.3 Å². The van der Waals surface area contributed by atoms with Crippen molar-refractivity contribution in [3.63, 3.8) is 0 Å². The summed E-state index contributed by atoms with van der Waals surface area (Å²) < 4.78 is 5.84. The van der Waals surface area contributed by atoms with E-state index in [9.17, 15) is 0 Å². The minimum Gasteiger partial charge on any atom is -0.475 e. The zero-order valence-electron chi connectivity index (χ0n) is 11.2. The number of aryl methyl sites for hydroxylation is 1. The normalized spacial score (nSPS) is 14.4. The fourth-order valence-corrected chi connectivity index (χ4v) is 1.71. The van der Waals surface area contributed by atoms with Crippen molar-refractivity contribution >= 4 is 0 Å². The Bertz CT molecular complexity index is 348. The molecule has 0 heterocycles. The maximum absolute atomic E-state index is 9.12. The first-order valence-electron chi connectivity index (χ1n) is 6.18. The molecule has 0 amide bonds. The molecule has 1 aromatic rings. The molecule has 3 nitrogen and oxygen atoms in total. The van der Waals surface area contributed by atoms with Crippen LogP contribution >= 0.6 is 0 Å². The monoisotopic (exact) mass is 237 g/mol. The minimum absolute atomic E-state index is 0.0927. The minimum atomic E-state index is -0.104. The molecule has 0 fully saturated rings. The van der Waals surface area contributed by atoms with Crippen LogP contribution < -0.4 is 10.1 Å². The Labute approximate surface area is 104 Å². The van der Waals surface area contributed by atoms with Gasteiger partial charge in [-0.2, -0.15) is 0 Å². The second-order valence-electron chi connectivity index (χ2n) is 4.41. The molecule has 0 aliphatic carbocycles. The molecule has 0 saturated heterocycles. The number of rotatable bonds is 6. The fraction of sp³-hybridized carbons (Fsp3) is 0.571. The zero-order valence-corrected chi connectivity index (χ0v) is 11.2. The van der Waals surface area contributed by atoms with Gasteiger partial charge in [0, 0.05) is 6.04 Å². The van der Waals surface area contributed by atoms with E-state index in [0.717, 1.165) is 17.7 Å². The largest absolute Gasteiger partial charge is 0.475 e. The van der Waals surface area contributed by atoms with Gasteiger partial charge in [0.15, 0.2) is 0 Å². The van der Waals surface area contributed by atoms with Crippen LogP contribution in [0.5, 0.6) is 5.75 Å². The molecule has 17 heavy (non-hydrogen) atoms. The van der Waals surface area contributed by atoms with Crippen molar-refractivity contribution in [2.24, 2.45) is 0 Å². The van der Waals surface area contributed by atoms with E-state index >= 15 is 0 Å². The van der Waals surface area contributed by atoms with E-state index in [4.69, 9.17) is 9.84 Å². The van der Waals surface area contributed by atoms with Crippen molar-refractivity contribution in [2.75, 3.05) is 6.61 Å². The van der Waals surface area contributed by atoms with Gasteiger partial charge in [0.1, 0.15) is 12.0 Å². The highest BCUT2D eigenvalue weighted by molar-refractivity contribution is 5.38. The topological polar surface area (TPSA) is 41.5 Å². The predicted molar refractivity (Wildman–Crippen MR) is 70.3 cm³/mol. The maximum atomic E-state index is 9.12. The zero-order chi connectivity index (χ0) is 12.8. The molecule has 0 aromatic heterocycles. The third-order valence-electron chi connectivity index (χ3n) is 3.04. The van der Waals surface area contributed by atoms with E-state index in [1.807, 2.05) is 26.0 Å². The highest BCUT2D eigenvalue weighted by Gasteiger charge is 2.11. The van der Waals surface area contributed by atoms with E-state index < -0.39 is 0 Å². The summed E-state index contributed by atoms with van der Waals surface area (Å²) in [5, 5.41) is 12.4. The molecule has 2 N–H and O–H groups in total. The Morgan fingerprint density at radius 3 is 2.65 bits per heavy atom. The molecular formula is C14H23NO2. The first-order chi connectivity index (χ1) is 8.08. The Hall–Kier alpha value is -1.06. The van der Waals surface area contributed by atoms with Crippen molar-refractivity contribution < 1.29 is 9.84 Å². The number of nitrogens with one attached hydrogen (secondary N) is 1. The van der Waals surface area contributed by atoms with Crippen LogP contribution in [0, 0.1) is 13.8 Å². The van der Waals surface area contributed by atoms with Gasteiger partial charge in [-0.3, -0.25) is 5.32 Å². The summed E-state index contributed by atoms with van der Waals surface area (Å²) in [6.45, 7) is 8.26. The second-order valence-corrected chi connectivity index (χ2v) is 4.41. The summed E-state index contributed by atoms with van der Waals surface area (Å²) >= 11 is 0. The lowest BCUT2D eigenvalue weighted by Crippen LogP contribution is -2.41. The molecule has 3 heteroatoms. The third kappa shape index (κ3) is 4.02. The molecule has 1 rings (SSSR count). The van der Waals surface area contributed by atoms with Crippen molar-refractivity contribution in [3.8, 4) is 5.75 Å². The molecule has 0 saturated carbocycles. The standard InChI is InChI=1S/C14H23NO2/c1-5-13(9-16)15-12(4)17-14-8-6-7-10(2)11(14)3/h6-8,12-13,15-16H,5,9H2,1-4H3. The Kier molecular flexibility index (Phi) is 5.45. The molecule has 0 bridgehead atoms. The summed E-state index contributed by atoms with van der Waals surface area (Å²) in [4.78, 5) is 0. The lowest BCUT2D eigenvalue weighted by molar-refractivity contribution is 0.136. The molecule has 0 spiro atoms. The van der Waals surface area contributed by atoms with Gasteiger partial charge < -0.3 is 9.84 Å². The van der Waals surface area contributed by atoms with E-state index in [1.165, 1.54) is 5.56 Å². The fourth-order valence-electron chi connectivity index (χ4n) is 1.71. The summed E-state index contributed by atoms with van der Waals surface area (Å²) in [6, 6.07) is 6.13. The van der Waals surface area contributed by atoms with Crippen LogP contribution in [0.15, 0.2) is 18.2 Å². The van der Waals surface area contributed by atoms with Crippen LogP contribution in [-0.2, 0) is 0 Å². The molecule has 2 unspecified atom stereocenters. The number of hydrogen-bond acceptors (Lipinski definition) is 3. The van der Waals surface area contributed by atoms with Gasteiger partial charge in [-0.25, -0.2) is 0 Å². The van der Waals surface area contributed by atoms with E-state index in [2.05, 4.69) is 25.2 Å². The SMILES string of the molecule is CCC(CO)NC(C)Oc1cccc(C)c1C. The first kappa shape index (κ1) is 14.0. The summed E-state index contributed by atoms with van der Waals surface area (Å²) in [7, 11) is 0. The molecule has 0 radical (unpaired) electrons. The number of benzene rings is 1. The van der Waals surface area contributed by atoms with Gasteiger partial charge in [0.05, 0.1) is 6.61 Å². The Balaban J connectivity index is 2.61. The first-order valence-corrected chi connectivity index (χ1v) is 6.18. The van der Waals surface area contributed by atoms with Crippen LogP contribution in [0.1, 0.15) is 31.4 Å². The highest BCUT2D eigenvalue weighted by atomic mass is 16.5. The van der Waals surface area contributed by atoms with Crippen molar-refractivity contribution in [1.29, 1.82) is 0 Å². The highest BCUT2D eigenvalue weighted by Crippen LogP contribution is 2.21. The third-order valence-corrected chi connectivity index (χ3v) is 3.04. The smallest absolute Gasteiger partial charge is 0.147 e. The summed E-state index contributed by atoms with van der Waals surface area (Å²) in [6.07, 6.45) is 0.782. The lowest BCUT2D eigenvalue weighted by atomic mass is 10.1. The number of hydrogen-bond donors (Lipinski definition) is 2. The van der Waals surface area contributed by atoms with E-state index in [-0.39, 0.29) is 18.9 Å². The predicted octanol–water partition coefficient (Wildman–Crippen LogP) is 2.39. The van der Waals surface area contributed by atoms with Crippen LogP contribution in [0.3, 0.4) is 0 Å². The summed E-state index contributed by atoms with van der Waals surface area (Å²) in [5.41, 5.74) is 2.39. The quantitative estimate of drug-likeness (QED) is 0.746.